The van der Waals surface area contributed by atoms with Gasteiger partial charge in [-0.2, -0.15) is 0 Å². The number of non-ortho nitro benzene ring substituents is 1. The zero-order chi connectivity index (χ0) is 16.2. The van der Waals surface area contributed by atoms with E-state index in [1.807, 2.05) is 0 Å². The molecule has 1 aliphatic carbocycles. The Kier molecular flexibility index (Phi) is 5.49. The van der Waals surface area contributed by atoms with Gasteiger partial charge in [0.05, 0.1) is 9.82 Å². The van der Waals surface area contributed by atoms with Crippen LogP contribution in [0.3, 0.4) is 0 Å². The predicted molar refractivity (Wildman–Crippen MR) is 82.8 cm³/mol. The van der Waals surface area contributed by atoms with Crippen LogP contribution < -0.4 is 10.5 Å². The lowest BCUT2D eigenvalue weighted by Crippen LogP contribution is -2.45. The van der Waals surface area contributed by atoms with Crippen molar-refractivity contribution >= 4 is 15.7 Å². The molecular formula is C14H21N3O4S. The van der Waals surface area contributed by atoms with Gasteiger partial charge in [0.2, 0.25) is 10.0 Å². The van der Waals surface area contributed by atoms with Crippen LogP contribution in [0.2, 0.25) is 0 Å². The molecule has 1 aliphatic rings. The standard InChI is InChI=1S/C14H21N3O4S/c15-10-14(11-4-2-1-3-5-11)16-22(20,21)13-8-6-12(7-9-13)17(18)19/h6-9,11,14,16H,1-5,10,15H2. The molecule has 0 amide bonds. The van der Waals surface area contributed by atoms with Gasteiger partial charge < -0.3 is 5.73 Å². The quantitative estimate of drug-likeness (QED) is 0.610. The molecule has 2 rings (SSSR count). The summed E-state index contributed by atoms with van der Waals surface area (Å²) in [5, 5.41) is 10.6. The van der Waals surface area contributed by atoms with E-state index in [9.17, 15) is 18.5 Å². The van der Waals surface area contributed by atoms with Crippen LogP contribution >= 0.6 is 0 Å². The summed E-state index contributed by atoms with van der Waals surface area (Å²) >= 11 is 0. The van der Waals surface area contributed by atoms with Crippen molar-refractivity contribution in [3.8, 4) is 0 Å². The molecule has 8 heteroatoms. The van der Waals surface area contributed by atoms with E-state index in [1.165, 1.54) is 30.7 Å². The van der Waals surface area contributed by atoms with Gasteiger partial charge in [-0.1, -0.05) is 19.3 Å². The number of nitrogens with one attached hydrogen (secondary N) is 1. The summed E-state index contributed by atoms with van der Waals surface area (Å²) in [5.41, 5.74) is 5.60. The smallest absolute Gasteiger partial charge is 0.269 e. The fourth-order valence-electron chi connectivity index (χ4n) is 2.89. The Morgan fingerprint density at radius 3 is 2.32 bits per heavy atom. The molecule has 1 aromatic rings. The maximum Gasteiger partial charge on any atom is 0.269 e. The third-order valence-electron chi connectivity index (χ3n) is 4.14. The molecule has 3 N–H and O–H groups in total. The van der Waals surface area contributed by atoms with Gasteiger partial charge in [0.25, 0.3) is 5.69 Å². The van der Waals surface area contributed by atoms with Crippen LogP contribution in [0.4, 0.5) is 5.69 Å². The lowest BCUT2D eigenvalue weighted by atomic mass is 9.84. The van der Waals surface area contributed by atoms with Gasteiger partial charge in [0.15, 0.2) is 0 Å². The number of rotatable bonds is 6. The van der Waals surface area contributed by atoms with E-state index in [4.69, 9.17) is 5.73 Å². The highest BCUT2D eigenvalue weighted by Crippen LogP contribution is 2.27. The highest BCUT2D eigenvalue weighted by molar-refractivity contribution is 7.89. The zero-order valence-electron chi connectivity index (χ0n) is 12.3. The minimum Gasteiger partial charge on any atom is -0.329 e. The number of hydrogen-bond donors (Lipinski definition) is 2. The average molecular weight is 327 g/mol. The first kappa shape index (κ1) is 16.9. The van der Waals surface area contributed by atoms with Gasteiger partial charge in [0.1, 0.15) is 0 Å². The van der Waals surface area contributed by atoms with Gasteiger partial charge in [-0.25, -0.2) is 13.1 Å². The minimum atomic E-state index is -3.72. The molecule has 7 nitrogen and oxygen atoms in total. The molecule has 1 aromatic carbocycles. The van der Waals surface area contributed by atoms with Gasteiger partial charge in [-0.05, 0) is 30.9 Å². The Bertz CT molecular complexity index is 609. The van der Waals surface area contributed by atoms with Crippen molar-refractivity contribution in [3.63, 3.8) is 0 Å². The summed E-state index contributed by atoms with van der Waals surface area (Å²) in [7, 11) is -3.72. The number of nitrogens with two attached hydrogens (primary N) is 1. The summed E-state index contributed by atoms with van der Waals surface area (Å²) in [4.78, 5) is 10.1. The number of nitrogens with zero attached hydrogens (tertiary/aromatic N) is 1. The van der Waals surface area contributed by atoms with Crippen LogP contribution in [-0.4, -0.2) is 25.9 Å². The number of nitro benzene ring substituents is 1. The maximum atomic E-state index is 12.4. The van der Waals surface area contributed by atoms with Gasteiger partial charge >= 0.3 is 0 Å². The molecule has 1 saturated carbocycles. The van der Waals surface area contributed by atoms with Crippen molar-refractivity contribution in [2.75, 3.05) is 6.54 Å². The molecule has 0 heterocycles. The third-order valence-corrected chi connectivity index (χ3v) is 5.64. The number of hydrogen-bond acceptors (Lipinski definition) is 5. The monoisotopic (exact) mass is 327 g/mol. The molecule has 0 bridgehead atoms. The molecule has 0 saturated heterocycles. The van der Waals surface area contributed by atoms with Crippen molar-refractivity contribution in [1.82, 2.24) is 4.72 Å². The highest BCUT2D eigenvalue weighted by Gasteiger charge is 2.27. The van der Waals surface area contributed by atoms with Crippen LogP contribution in [0.25, 0.3) is 0 Å². The van der Waals surface area contributed by atoms with Crippen molar-refractivity contribution < 1.29 is 13.3 Å². The van der Waals surface area contributed by atoms with Crippen molar-refractivity contribution in [3.05, 3.63) is 34.4 Å². The van der Waals surface area contributed by atoms with E-state index in [1.54, 1.807) is 0 Å². The molecule has 0 radical (unpaired) electrons. The van der Waals surface area contributed by atoms with Crippen molar-refractivity contribution in [2.24, 2.45) is 11.7 Å². The first-order chi connectivity index (χ1) is 10.4. The average Bonchev–Trinajstić information content (AvgIpc) is 2.53. The number of benzene rings is 1. The molecule has 22 heavy (non-hydrogen) atoms. The molecule has 122 valence electrons. The van der Waals surface area contributed by atoms with E-state index in [0.29, 0.717) is 0 Å². The van der Waals surface area contributed by atoms with Gasteiger partial charge in [-0.15, -0.1) is 0 Å². The molecular weight excluding hydrogens is 306 g/mol. The largest absolute Gasteiger partial charge is 0.329 e. The van der Waals surface area contributed by atoms with Crippen LogP contribution in [0.1, 0.15) is 32.1 Å². The first-order valence-corrected chi connectivity index (χ1v) is 8.89. The Hall–Kier alpha value is -1.51. The maximum absolute atomic E-state index is 12.4. The summed E-state index contributed by atoms with van der Waals surface area (Å²) in [6, 6.07) is 4.57. The molecule has 1 fully saturated rings. The minimum absolute atomic E-state index is 0.0207. The van der Waals surface area contributed by atoms with E-state index >= 15 is 0 Å². The van der Waals surface area contributed by atoms with E-state index in [-0.39, 0.29) is 29.1 Å². The summed E-state index contributed by atoms with van der Waals surface area (Å²) in [6.07, 6.45) is 5.33. The highest BCUT2D eigenvalue weighted by atomic mass is 32.2. The Morgan fingerprint density at radius 2 is 1.82 bits per heavy atom. The summed E-state index contributed by atoms with van der Waals surface area (Å²) in [5.74, 6) is 0.256. The Morgan fingerprint density at radius 1 is 1.23 bits per heavy atom. The summed E-state index contributed by atoms with van der Waals surface area (Å²) in [6.45, 7) is 0.247. The first-order valence-electron chi connectivity index (χ1n) is 7.41. The lowest BCUT2D eigenvalue weighted by molar-refractivity contribution is -0.384. The van der Waals surface area contributed by atoms with E-state index < -0.39 is 14.9 Å². The molecule has 0 aromatic heterocycles. The third kappa shape index (κ3) is 4.02. The van der Waals surface area contributed by atoms with Crippen LogP contribution in [-0.2, 0) is 10.0 Å². The van der Waals surface area contributed by atoms with Crippen LogP contribution in [0.5, 0.6) is 0 Å². The lowest BCUT2D eigenvalue weighted by Gasteiger charge is -2.29. The van der Waals surface area contributed by atoms with Crippen LogP contribution in [0, 0.1) is 16.0 Å². The van der Waals surface area contributed by atoms with Gasteiger partial charge in [-0.3, -0.25) is 10.1 Å². The fourth-order valence-corrected chi connectivity index (χ4v) is 4.21. The normalized spacial score (nSPS) is 18.0. The van der Waals surface area contributed by atoms with E-state index in [2.05, 4.69) is 4.72 Å². The SMILES string of the molecule is NCC(NS(=O)(=O)c1ccc([N+](=O)[O-])cc1)C1CCCCC1. The Balaban J connectivity index is 2.12. The van der Waals surface area contributed by atoms with Crippen molar-refractivity contribution in [1.29, 1.82) is 0 Å². The summed E-state index contributed by atoms with van der Waals surface area (Å²) < 4.78 is 27.4. The predicted octanol–water partition coefficient (Wildman–Crippen LogP) is 1.78. The van der Waals surface area contributed by atoms with Crippen molar-refractivity contribution in [2.45, 2.75) is 43.0 Å². The molecule has 1 unspecified atom stereocenters. The Labute approximate surface area is 130 Å². The number of nitro groups is 1. The van der Waals surface area contributed by atoms with Crippen LogP contribution in [0.15, 0.2) is 29.2 Å². The number of sulfonamides is 1. The zero-order valence-corrected chi connectivity index (χ0v) is 13.1. The topological polar surface area (TPSA) is 115 Å². The molecule has 0 spiro atoms. The molecule has 1 atom stereocenters. The van der Waals surface area contributed by atoms with E-state index in [0.717, 1.165) is 25.7 Å². The second-order valence-corrected chi connectivity index (χ2v) is 7.33. The second-order valence-electron chi connectivity index (χ2n) is 5.61. The fraction of sp³-hybridized carbons (Fsp3) is 0.571. The van der Waals surface area contributed by atoms with Gasteiger partial charge in [0, 0.05) is 24.7 Å². The second kappa shape index (κ2) is 7.17. The molecule has 0 aliphatic heterocycles.